The number of para-hydroxylation sites is 1. The standard InChI is InChI=1S/C17H19NO3/c1-19-17-10-13(18)6-7-16(17)21-11-12-8-9-20-15-5-3-2-4-14(12)15/h2-7,10,12H,8-9,11,18H2,1H3. The largest absolute Gasteiger partial charge is 0.493 e. The van der Waals surface area contributed by atoms with Crippen LogP contribution in [0.2, 0.25) is 0 Å². The number of rotatable bonds is 4. The van der Waals surface area contributed by atoms with Crippen molar-refractivity contribution in [1.29, 1.82) is 0 Å². The third-order valence-corrected chi connectivity index (χ3v) is 3.71. The van der Waals surface area contributed by atoms with Gasteiger partial charge < -0.3 is 19.9 Å². The molecule has 1 heterocycles. The van der Waals surface area contributed by atoms with Gasteiger partial charge in [0.05, 0.1) is 20.3 Å². The first kappa shape index (κ1) is 13.6. The molecule has 1 aliphatic rings. The minimum absolute atomic E-state index is 0.331. The van der Waals surface area contributed by atoms with E-state index in [2.05, 4.69) is 6.07 Å². The second-order valence-corrected chi connectivity index (χ2v) is 5.09. The van der Waals surface area contributed by atoms with Crippen molar-refractivity contribution in [3.8, 4) is 17.2 Å². The molecule has 2 aromatic rings. The first-order chi connectivity index (χ1) is 10.3. The number of hydrogen-bond acceptors (Lipinski definition) is 4. The minimum atomic E-state index is 0.331. The molecule has 0 amide bonds. The lowest BCUT2D eigenvalue weighted by molar-refractivity contribution is 0.213. The predicted molar refractivity (Wildman–Crippen MR) is 82.2 cm³/mol. The Bertz CT molecular complexity index is 627. The highest BCUT2D eigenvalue weighted by molar-refractivity contribution is 5.52. The number of methoxy groups -OCH3 is 1. The zero-order valence-electron chi connectivity index (χ0n) is 12.0. The maximum atomic E-state index is 5.94. The molecule has 0 saturated carbocycles. The molecule has 21 heavy (non-hydrogen) atoms. The molecule has 0 fully saturated rings. The summed E-state index contributed by atoms with van der Waals surface area (Å²) in [4.78, 5) is 0. The quantitative estimate of drug-likeness (QED) is 0.876. The van der Waals surface area contributed by atoms with Crippen molar-refractivity contribution < 1.29 is 14.2 Å². The van der Waals surface area contributed by atoms with Crippen LogP contribution in [-0.2, 0) is 0 Å². The van der Waals surface area contributed by atoms with Gasteiger partial charge in [0.25, 0.3) is 0 Å². The number of ether oxygens (including phenoxy) is 3. The average Bonchev–Trinajstić information content (AvgIpc) is 2.53. The number of fused-ring (bicyclic) bond motifs is 1. The van der Waals surface area contributed by atoms with Gasteiger partial charge >= 0.3 is 0 Å². The second kappa shape index (κ2) is 5.95. The Hall–Kier alpha value is -2.36. The maximum Gasteiger partial charge on any atom is 0.162 e. The number of benzene rings is 2. The van der Waals surface area contributed by atoms with Gasteiger partial charge in [0.2, 0.25) is 0 Å². The van der Waals surface area contributed by atoms with E-state index in [4.69, 9.17) is 19.9 Å². The van der Waals surface area contributed by atoms with E-state index in [-0.39, 0.29) is 0 Å². The van der Waals surface area contributed by atoms with Crippen molar-refractivity contribution in [1.82, 2.24) is 0 Å². The smallest absolute Gasteiger partial charge is 0.162 e. The Morgan fingerprint density at radius 2 is 2.05 bits per heavy atom. The van der Waals surface area contributed by atoms with E-state index in [1.807, 2.05) is 30.3 Å². The molecule has 2 aromatic carbocycles. The highest BCUT2D eigenvalue weighted by Gasteiger charge is 2.22. The van der Waals surface area contributed by atoms with Crippen LogP contribution in [0.25, 0.3) is 0 Å². The zero-order valence-corrected chi connectivity index (χ0v) is 12.0. The van der Waals surface area contributed by atoms with Crippen LogP contribution in [0.3, 0.4) is 0 Å². The normalized spacial score (nSPS) is 16.7. The lowest BCUT2D eigenvalue weighted by Crippen LogP contribution is -2.19. The molecule has 4 heteroatoms. The van der Waals surface area contributed by atoms with Crippen LogP contribution in [0.4, 0.5) is 5.69 Å². The summed E-state index contributed by atoms with van der Waals surface area (Å²) in [6, 6.07) is 13.6. The predicted octanol–water partition coefficient (Wildman–Crippen LogP) is 3.22. The van der Waals surface area contributed by atoms with Crippen molar-refractivity contribution >= 4 is 5.69 Å². The molecule has 1 atom stereocenters. The summed E-state index contributed by atoms with van der Waals surface area (Å²) in [6.45, 7) is 1.32. The van der Waals surface area contributed by atoms with Crippen LogP contribution in [0.5, 0.6) is 17.2 Å². The van der Waals surface area contributed by atoms with Crippen molar-refractivity contribution in [3.63, 3.8) is 0 Å². The van der Waals surface area contributed by atoms with Crippen molar-refractivity contribution in [2.24, 2.45) is 0 Å². The van der Waals surface area contributed by atoms with Crippen molar-refractivity contribution in [2.45, 2.75) is 12.3 Å². The monoisotopic (exact) mass is 285 g/mol. The molecule has 4 nitrogen and oxygen atoms in total. The Morgan fingerprint density at radius 1 is 1.19 bits per heavy atom. The second-order valence-electron chi connectivity index (χ2n) is 5.09. The fourth-order valence-electron chi connectivity index (χ4n) is 2.58. The minimum Gasteiger partial charge on any atom is -0.493 e. The Kier molecular flexibility index (Phi) is 3.86. The number of nitrogen functional groups attached to an aromatic ring is 1. The van der Waals surface area contributed by atoms with E-state index in [1.54, 1.807) is 13.2 Å². The molecular weight excluding hydrogens is 266 g/mol. The first-order valence-electron chi connectivity index (χ1n) is 7.06. The van der Waals surface area contributed by atoms with Crippen molar-refractivity contribution in [3.05, 3.63) is 48.0 Å². The third kappa shape index (κ3) is 2.89. The fraction of sp³-hybridized carbons (Fsp3) is 0.294. The van der Waals surface area contributed by atoms with Crippen molar-refractivity contribution in [2.75, 3.05) is 26.1 Å². The summed E-state index contributed by atoms with van der Waals surface area (Å²) in [5, 5.41) is 0. The van der Waals surface area contributed by atoms with Gasteiger partial charge in [0, 0.05) is 23.2 Å². The van der Waals surface area contributed by atoms with Crippen LogP contribution in [0, 0.1) is 0 Å². The van der Waals surface area contributed by atoms with Gasteiger partial charge in [0.1, 0.15) is 5.75 Å². The zero-order chi connectivity index (χ0) is 14.7. The van der Waals surface area contributed by atoms with Gasteiger partial charge in [-0.15, -0.1) is 0 Å². The summed E-state index contributed by atoms with van der Waals surface area (Å²) in [5.74, 6) is 2.67. The molecule has 0 bridgehead atoms. The van der Waals surface area contributed by atoms with E-state index in [1.165, 1.54) is 5.56 Å². The summed E-state index contributed by atoms with van der Waals surface area (Å²) in [6.07, 6.45) is 0.953. The van der Waals surface area contributed by atoms with E-state index >= 15 is 0 Å². The van der Waals surface area contributed by atoms with E-state index in [0.29, 0.717) is 24.0 Å². The average molecular weight is 285 g/mol. The molecule has 0 saturated heterocycles. The Balaban J connectivity index is 1.74. The van der Waals surface area contributed by atoms with Gasteiger partial charge in [0.15, 0.2) is 11.5 Å². The SMILES string of the molecule is COc1cc(N)ccc1OCC1CCOc2ccccc21. The molecule has 0 aliphatic carbocycles. The van der Waals surface area contributed by atoms with E-state index < -0.39 is 0 Å². The molecule has 1 aliphatic heterocycles. The van der Waals surface area contributed by atoms with E-state index in [0.717, 1.165) is 24.5 Å². The molecule has 0 radical (unpaired) electrons. The maximum absolute atomic E-state index is 5.94. The van der Waals surface area contributed by atoms with Gasteiger partial charge in [-0.25, -0.2) is 0 Å². The highest BCUT2D eigenvalue weighted by Crippen LogP contribution is 2.35. The summed E-state index contributed by atoms with van der Waals surface area (Å²) < 4.78 is 16.9. The fourth-order valence-corrected chi connectivity index (χ4v) is 2.58. The summed E-state index contributed by atoms with van der Waals surface area (Å²) in [5.41, 5.74) is 7.62. The first-order valence-corrected chi connectivity index (χ1v) is 7.06. The molecule has 0 aromatic heterocycles. The highest BCUT2D eigenvalue weighted by atomic mass is 16.5. The van der Waals surface area contributed by atoms with Crippen LogP contribution < -0.4 is 19.9 Å². The molecule has 2 N–H and O–H groups in total. The Labute approximate surface area is 124 Å². The van der Waals surface area contributed by atoms with Crippen LogP contribution in [0.1, 0.15) is 17.9 Å². The molecule has 0 spiro atoms. The van der Waals surface area contributed by atoms with Crippen LogP contribution in [0.15, 0.2) is 42.5 Å². The van der Waals surface area contributed by atoms with Gasteiger partial charge in [-0.05, 0) is 24.6 Å². The van der Waals surface area contributed by atoms with Crippen LogP contribution >= 0.6 is 0 Å². The lowest BCUT2D eigenvalue weighted by Gasteiger charge is -2.26. The number of hydrogen-bond donors (Lipinski definition) is 1. The van der Waals surface area contributed by atoms with Crippen LogP contribution in [-0.4, -0.2) is 20.3 Å². The number of nitrogens with two attached hydrogens (primary N) is 1. The number of anilines is 1. The van der Waals surface area contributed by atoms with Gasteiger partial charge in [-0.2, -0.15) is 0 Å². The molecular formula is C17H19NO3. The molecule has 110 valence electrons. The molecule has 3 rings (SSSR count). The van der Waals surface area contributed by atoms with Gasteiger partial charge in [-0.3, -0.25) is 0 Å². The third-order valence-electron chi connectivity index (χ3n) is 3.71. The topological polar surface area (TPSA) is 53.7 Å². The lowest BCUT2D eigenvalue weighted by atomic mass is 9.94. The molecule has 1 unspecified atom stereocenters. The Morgan fingerprint density at radius 3 is 2.90 bits per heavy atom. The van der Waals surface area contributed by atoms with Gasteiger partial charge in [-0.1, -0.05) is 18.2 Å². The summed E-state index contributed by atoms with van der Waals surface area (Å²) >= 11 is 0. The van der Waals surface area contributed by atoms with E-state index in [9.17, 15) is 0 Å². The summed E-state index contributed by atoms with van der Waals surface area (Å²) in [7, 11) is 1.62.